The van der Waals surface area contributed by atoms with Crippen molar-refractivity contribution in [3.8, 4) is 0 Å². The third kappa shape index (κ3) is 2.15. The molecule has 0 aliphatic carbocycles. The fraction of sp³-hybridized carbons (Fsp3) is 0.273. The first-order valence-corrected chi connectivity index (χ1v) is 4.91. The number of nitrogens with one attached hydrogen (secondary N) is 2. The second-order valence-electron chi connectivity index (χ2n) is 3.65. The molecule has 0 amide bonds. The van der Waals surface area contributed by atoms with Crippen LogP contribution >= 0.6 is 0 Å². The molecule has 2 aromatic rings. The average Bonchev–Trinajstić information content (AvgIpc) is 2.65. The Morgan fingerprint density at radius 2 is 2.33 bits per heavy atom. The van der Waals surface area contributed by atoms with E-state index in [1.807, 2.05) is 0 Å². The SMILES string of the molecule is CC(C)=CCNc1cncc2[nH]cnc12. The topological polar surface area (TPSA) is 53.6 Å². The summed E-state index contributed by atoms with van der Waals surface area (Å²) < 4.78 is 0. The maximum absolute atomic E-state index is 4.24. The van der Waals surface area contributed by atoms with E-state index in [1.165, 1.54) is 5.57 Å². The number of fused-ring (bicyclic) bond motifs is 1. The van der Waals surface area contributed by atoms with Gasteiger partial charge in [0.25, 0.3) is 0 Å². The average molecular weight is 202 g/mol. The van der Waals surface area contributed by atoms with Crippen LogP contribution in [-0.2, 0) is 0 Å². The van der Waals surface area contributed by atoms with Crippen LogP contribution < -0.4 is 5.32 Å². The van der Waals surface area contributed by atoms with Crippen LogP contribution in [0.15, 0.2) is 30.4 Å². The molecule has 4 heteroatoms. The van der Waals surface area contributed by atoms with Crippen LogP contribution in [-0.4, -0.2) is 21.5 Å². The molecule has 2 aromatic heterocycles. The van der Waals surface area contributed by atoms with Gasteiger partial charge in [-0.1, -0.05) is 11.6 Å². The number of allylic oxidation sites excluding steroid dienone is 1. The number of rotatable bonds is 3. The number of aromatic nitrogens is 3. The largest absolute Gasteiger partial charge is 0.379 e. The van der Waals surface area contributed by atoms with Crippen molar-refractivity contribution in [2.75, 3.05) is 11.9 Å². The first kappa shape index (κ1) is 9.71. The van der Waals surface area contributed by atoms with Crippen LogP contribution in [0, 0.1) is 0 Å². The highest BCUT2D eigenvalue weighted by Gasteiger charge is 2.01. The molecule has 78 valence electrons. The number of aromatic amines is 1. The van der Waals surface area contributed by atoms with E-state index in [2.05, 4.69) is 40.2 Å². The standard InChI is InChI=1S/C11H14N4/c1-8(2)3-4-13-9-5-12-6-10-11(9)15-7-14-10/h3,5-7,13H,4H2,1-2H3,(H,14,15). The summed E-state index contributed by atoms with van der Waals surface area (Å²) in [7, 11) is 0. The van der Waals surface area contributed by atoms with Gasteiger partial charge in [0.15, 0.2) is 0 Å². The van der Waals surface area contributed by atoms with Gasteiger partial charge in [-0.05, 0) is 13.8 Å². The van der Waals surface area contributed by atoms with Crippen LogP contribution in [0.4, 0.5) is 5.69 Å². The maximum atomic E-state index is 4.24. The molecule has 0 spiro atoms. The zero-order chi connectivity index (χ0) is 10.7. The van der Waals surface area contributed by atoms with Gasteiger partial charge >= 0.3 is 0 Å². The normalized spacial score (nSPS) is 10.3. The van der Waals surface area contributed by atoms with Crippen LogP contribution in [0.1, 0.15) is 13.8 Å². The highest BCUT2D eigenvalue weighted by Crippen LogP contribution is 2.17. The smallest absolute Gasteiger partial charge is 0.114 e. The highest BCUT2D eigenvalue weighted by atomic mass is 15.0. The first-order valence-electron chi connectivity index (χ1n) is 4.91. The number of hydrogen-bond donors (Lipinski definition) is 2. The van der Waals surface area contributed by atoms with Gasteiger partial charge in [-0.3, -0.25) is 4.98 Å². The van der Waals surface area contributed by atoms with E-state index in [-0.39, 0.29) is 0 Å². The maximum Gasteiger partial charge on any atom is 0.114 e. The van der Waals surface area contributed by atoms with Crippen molar-refractivity contribution in [2.24, 2.45) is 0 Å². The van der Waals surface area contributed by atoms with E-state index in [0.717, 1.165) is 23.3 Å². The number of anilines is 1. The van der Waals surface area contributed by atoms with Crippen molar-refractivity contribution < 1.29 is 0 Å². The van der Waals surface area contributed by atoms with Gasteiger partial charge in [-0.25, -0.2) is 4.98 Å². The van der Waals surface area contributed by atoms with E-state index in [9.17, 15) is 0 Å². The lowest BCUT2D eigenvalue weighted by Gasteiger charge is -2.03. The molecule has 0 atom stereocenters. The van der Waals surface area contributed by atoms with E-state index >= 15 is 0 Å². The Balaban J connectivity index is 2.20. The number of hydrogen-bond acceptors (Lipinski definition) is 3. The minimum Gasteiger partial charge on any atom is -0.379 e. The molecule has 0 aliphatic rings. The zero-order valence-electron chi connectivity index (χ0n) is 8.91. The lowest BCUT2D eigenvalue weighted by Crippen LogP contribution is -1.99. The molecule has 2 rings (SSSR count). The van der Waals surface area contributed by atoms with E-state index in [1.54, 1.807) is 18.7 Å². The summed E-state index contributed by atoms with van der Waals surface area (Å²) in [4.78, 5) is 11.4. The van der Waals surface area contributed by atoms with Crippen molar-refractivity contribution in [2.45, 2.75) is 13.8 Å². The predicted octanol–water partition coefficient (Wildman–Crippen LogP) is 2.34. The molecule has 2 heterocycles. The molecule has 0 saturated heterocycles. The van der Waals surface area contributed by atoms with Crippen LogP contribution in [0.5, 0.6) is 0 Å². The van der Waals surface area contributed by atoms with Crippen molar-refractivity contribution in [3.05, 3.63) is 30.4 Å². The first-order chi connectivity index (χ1) is 7.27. The molecule has 0 unspecified atom stereocenters. The summed E-state index contributed by atoms with van der Waals surface area (Å²) in [5.41, 5.74) is 4.15. The van der Waals surface area contributed by atoms with Crippen LogP contribution in [0.2, 0.25) is 0 Å². The molecule has 0 aliphatic heterocycles. The lowest BCUT2D eigenvalue weighted by atomic mass is 10.3. The molecule has 0 fully saturated rings. The quantitative estimate of drug-likeness (QED) is 0.751. The lowest BCUT2D eigenvalue weighted by molar-refractivity contribution is 1.24. The number of H-pyrrole nitrogens is 1. The van der Waals surface area contributed by atoms with Gasteiger partial charge in [-0.15, -0.1) is 0 Å². The van der Waals surface area contributed by atoms with Crippen LogP contribution in [0.3, 0.4) is 0 Å². The van der Waals surface area contributed by atoms with Crippen molar-refractivity contribution >= 4 is 16.7 Å². The summed E-state index contributed by atoms with van der Waals surface area (Å²) in [6, 6.07) is 0. The highest BCUT2D eigenvalue weighted by molar-refractivity contribution is 5.86. The Kier molecular flexibility index (Phi) is 2.67. The third-order valence-electron chi connectivity index (χ3n) is 2.13. The molecule has 0 bridgehead atoms. The molecule has 0 saturated carbocycles. The van der Waals surface area contributed by atoms with Crippen molar-refractivity contribution in [1.82, 2.24) is 15.0 Å². The molecule has 2 N–H and O–H groups in total. The van der Waals surface area contributed by atoms with E-state index in [0.29, 0.717) is 0 Å². The number of nitrogens with zero attached hydrogens (tertiary/aromatic N) is 2. The second kappa shape index (κ2) is 4.13. The van der Waals surface area contributed by atoms with Crippen LogP contribution in [0.25, 0.3) is 11.0 Å². The van der Waals surface area contributed by atoms with Gasteiger partial charge in [0.1, 0.15) is 5.52 Å². The number of pyridine rings is 1. The molecule has 4 nitrogen and oxygen atoms in total. The number of imidazole rings is 1. The van der Waals surface area contributed by atoms with Gasteiger partial charge in [-0.2, -0.15) is 0 Å². The van der Waals surface area contributed by atoms with Crippen molar-refractivity contribution in [3.63, 3.8) is 0 Å². The Hall–Kier alpha value is -1.84. The zero-order valence-corrected chi connectivity index (χ0v) is 8.91. The third-order valence-corrected chi connectivity index (χ3v) is 2.13. The monoisotopic (exact) mass is 202 g/mol. The fourth-order valence-corrected chi connectivity index (χ4v) is 1.36. The summed E-state index contributed by atoms with van der Waals surface area (Å²) in [5, 5.41) is 3.28. The van der Waals surface area contributed by atoms with Crippen molar-refractivity contribution in [1.29, 1.82) is 0 Å². The minimum atomic E-state index is 0.802. The summed E-state index contributed by atoms with van der Waals surface area (Å²) in [5.74, 6) is 0. The molecule has 0 radical (unpaired) electrons. The van der Waals surface area contributed by atoms with E-state index in [4.69, 9.17) is 0 Å². The van der Waals surface area contributed by atoms with Gasteiger partial charge in [0, 0.05) is 6.54 Å². The van der Waals surface area contributed by atoms with Gasteiger partial charge in [0.05, 0.1) is 29.9 Å². The minimum absolute atomic E-state index is 0.802. The second-order valence-corrected chi connectivity index (χ2v) is 3.65. The Labute approximate surface area is 88.4 Å². The molecular formula is C11H14N4. The Bertz CT molecular complexity index is 480. The summed E-state index contributed by atoms with van der Waals surface area (Å²) in [6.07, 6.45) is 7.38. The Morgan fingerprint density at radius 3 is 3.13 bits per heavy atom. The van der Waals surface area contributed by atoms with Gasteiger partial charge in [0.2, 0.25) is 0 Å². The Morgan fingerprint density at radius 1 is 1.47 bits per heavy atom. The summed E-state index contributed by atoms with van der Waals surface area (Å²) >= 11 is 0. The fourth-order valence-electron chi connectivity index (χ4n) is 1.36. The van der Waals surface area contributed by atoms with E-state index < -0.39 is 0 Å². The molecule has 15 heavy (non-hydrogen) atoms. The predicted molar refractivity (Wildman–Crippen MR) is 61.8 cm³/mol. The summed E-state index contributed by atoms with van der Waals surface area (Å²) in [6.45, 7) is 4.96. The molecule has 0 aromatic carbocycles. The van der Waals surface area contributed by atoms with Gasteiger partial charge < -0.3 is 10.3 Å². The molecular weight excluding hydrogens is 188 g/mol.